The molecule has 1 atom stereocenters. The Balaban J connectivity index is 2.23. The molecule has 1 unspecified atom stereocenters. The maximum absolute atomic E-state index is 14.5. The third-order valence-electron chi connectivity index (χ3n) is 4.84. The number of methoxy groups -OCH3 is 1. The van der Waals surface area contributed by atoms with E-state index in [1.807, 2.05) is 0 Å². The summed E-state index contributed by atoms with van der Waals surface area (Å²) >= 11 is 6.10. The largest absolute Gasteiger partial charge is 0.494 e. The van der Waals surface area contributed by atoms with Crippen LogP contribution in [0.5, 0.6) is 5.75 Å². The molecule has 0 spiro atoms. The number of nitrogens with one attached hydrogen (secondary N) is 2. The first-order valence-electron chi connectivity index (χ1n) is 9.65. The SMILES string of the molecule is C=NN(/C(=C/C1=C(C(=O)NC)C(c2c(F)cccc2Cl)NO1)C(F)(F)F)c1ccccc1OC. The molecule has 180 valence electrons. The maximum Gasteiger partial charge on any atom is 0.433 e. The normalized spacial score (nSPS) is 16.2. The van der Waals surface area contributed by atoms with Crippen molar-refractivity contribution in [3.05, 3.63) is 82.0 Å². The smallest absolute Gasteiger partial charge is 0.433 e. The Morgan fingerprint density at radius 3 is 2.59 bits per heavy atom. The van der Waals surface area contributed by atoms with E-state index in [2.05, 4.69) is 22.6 Å². The number of hydrazone groups is 1. The molecule has 0 saturated carbocycles. The molecule has 3 rings (SSSR count). The highest BCUT2D eigenvalue weighted by Crippen LogP contribution is 2.41. The van der Waals surface area contributed by atoms with E-state index in [-0.39, 0.29) is 27.6 Å². The zero-order chi connectivity index (χ0) is 25.0. The fourth-order valence-corrected chi connectivity index (χ4v) is 3.60. The van der Waals surface area contributed by atoms with Crippen LogP contribution in [0.2, 0.25) is 5.02 Å². The fraction of sp³-hybridized carbons (Fsp3) is 0.182. The number of hydrogen-bond acceptors (Lipinski definition) is 6. The highest BCUT2D eigenvalue weighted by atomic mass is 35.5. The van der Waals surface area contributed by atoms with E-state index < -0.39 is 35.4 Å². The van der Waals surface area contributed by atoms with Gasteiger partial charge >= 0.3 is 6.18 Å². The van der Waals surface area contributed by atoms with E-state index in [4.69, 9.17) is 21.2 Å². The number of nitrogens with zero attached hydrogens (tertiary/aromatic N) is 2. The first-order valence-corrected chi connectivity index (χ1v) is 10.0. The number of ether oxygens (including phenoxy) is 1. The molecule has 0 fully saturated rings. The van der Waals surface area contributed by atoms with Crippen LogP contribution in [0.4, 0.5) is 23.2 Å². The zero-order valence-corrected chi connectivity index (χ0v) is 18.7. The second kappa shape index (κ2) is 10.1. The van der Waals surface area contributed by atoms with Crippen molar-refractivity contribution < 1.29 is 31.9 Å². The molecule has 12 heteroatoms. The summed E-state index contributed by atoms with van der Waals surface area (Å²) in [6, 6.07) is 8.39. The van der Waals surface area contributed by atoms with Gasteiger partial charge in [0.05, 0.1) is 12.7 Å². The number of halogens is 5. The summed E-state index contributed by atoms with van der Waals surface area (Å²) in [5.74, 6) is -2.01. The topological polar surface area (TPSA) is 75.2 Å². The fourth-order valence-electron chi connectivity index (χ4n) is 3.33. The number of hydrogen-bond donors (Lipinski definition) is 2. The Bertz CT molecular complexity index is 1150. The molecule has 1 amide bonds. The van der Waals surface area contributed by atoms with Crippen LogP contribution in [0.1, 0.15) is 11.6 Å². The second-order valence-electron chi connectivity index (χ2n) is 6.80. The highest BCUT2D eigenvalue weighted by molar-refractivity contribution is 6.31. The lowest BCUT2D eigenvalue weighted by atomic mass is 9.97. The molecule has 2 aromatic rings. The number of carbonyl (C=O) groups excluding carboxylic acids is 1. The van der Waals surface area contributed by atoms with Gasteiger partial charge in [-0.15, -0.1) is 5.48 Å². The lowest BCUT2D eigenvalue weighted by Crippen LogP contribution is -2.29. The van der Waals surface area contributed by atoms with Gasteiger partial charge < -0.3 is 14.9 Å². The van der Waals surface area contributed by atoms with E-state index in [9.17, 15) is 22.4 Å². The monoisotopic (exact) mass is 498 g/mol. The van der Waals surface area contributed by atoms with Crippen LogP contribution in [-0.2, 0) is 9.63 Å². The molecular weight excluding hydrogens is 480 g/mol. The molecule has 0 saturated heterocycles. The Morgan fingerprint density at radius 1 is 1.29 bits per heavy atom. The standard InChI is InChI=1S/C22H19ClF4N4O3/c1-28-21(32)19-16(34-30-20(19)18-12(23)7-6-8-13(18)24)11-17(22(25,26)27)31(29-2)14-9-4-5-10-15(14)33-3/h4-11,20,30H,2H2,1,3H3,(H,28,32)/b17-11+. The van der Waals surface area contributed by atoms with Crippen LogP contribution in [-0.4, -0.2) is 33.0 Å². The first-order chi connectivity index (χ1) is 16.1. The summed E-state index contributed by atoms with van der Waals surface area (Å²) in [5, 5.41) is 6.28. The molecule has 1 aliphatic heterocycles. The number of alkyl halides is 3. The predicted molar refractivity (Wildman–Crippen MR) is 119 cm³/mol. The van der Waals surface area contributed by atoms with Crippen LogP contribution in [0.15, 0.2) is 70.7 Å². The van der Waals surface area contributed by atoms with Crippen molar-refractivity contribution in [1.29, 1.82) is 0 Å². The lowest BCUT2D eigenvalue weighted by molar-refractivity contribution is -0.117. The van der Waals surface area contributed by atoms with Gasteiger partial charge in [0.2, 0.25) is 0 Å². The van der Waals surface area contributed by atoms with Crippen LogP contribution in [0.25, 0.3) is 0 Å². The summed E-state index contributed by atoms with van der Waals surface area (Å²) in [4.78, 5) is 17.9. The summed E-state index contributed by atoms with van der Waals surface area (Å²) in [6.07, 6.45) is -4.41. The zero-order valence-electron chi connectivity index (χ0n) is 17.9. The van der Waals surface area contributed by atoms with Gasteiger partial charge in [-0.05, 0) is 24.3 Å². The molecule has 0 bridgehead atoms. The van der Waals surface area contributed by atoms with Crippen molar-refractivity contribution >= 4 is 29.9 Å². The van der Waals surface area contributed by atoms with Crippen LogP contribution in [0, 0.1) is 5.82 Å². The van der Waals surface area contributed by atoms with Crippen LogP contribution < -0.4 is 20.5 Å². The number of rotatable bonds is 7. The number of likely N-dealkylation sites (N-methyl/N-ethyl adjacent to an activating group) is 1. The van der Waals surface area contributed by atoms with Crippen molar-refractivity contribution in [2.75, 3.05) is 19.2 Å². The Kier molecular flexibility index (Phi) is 7.48. The van der Waals surface area contributed by atoms with Gasteiger partial charge in [0, 0.05) is 30.4 Å². The number of benzene rings is 2. The van der Waals surface area contributed by atoms with Crippen molar-refractivity contribution in [2.24, 2.45) is 5.10 Å². The number of amides is 1. The van der Waals surface area contributed by atoms with Crippen LogP contribution in [0.3, 0.4) is 0 Å². The number of allylic oxidation sites excluding steroid dienone is 2. The summed E-state index contributed by atoms with van der Waals surface area (Å²) in [5.41, 5.74) is 0.496. The average Bonchev–Trinajstić information content (AvgIpc) is 3.21. The van der Waals surface area contributed by atoms with E-state index >= 15 is 0 Å². The minimum Gasteiger partial charge on any atom is -0.494 e. The molecule has 0 radical (unpaired) electrons. The van der Waals surface area contributed by atoms with Crippen molar-refractivity contribution in [2.45, 2.75) is 12.2 Å². The third-order valence-corrected chi connectivity index (χ3v) is 5.17. The van der Waals surface area contributed by atoms with Gasteiger partial charge in [0.25, 0.3) is 5.91 Å². The van der Waals surface area contributed by atoms with Gasteiger partial charge in [-0.25, -0.2) is 9.40 Å². The molecular formula is C22H19ClF4N4O3. The molecule has 7 nitrogen and oxygen atoms in total. The molecule has 1 aliphatic rings. The van der Waals surface area contributed by atoms with Gasteiger partial charge in [-0.2, -0.15) is 18.3 Å². The van der Waals surface area contributed by atoms with E-state index in [1.54, 1.807) is 6.07 Å². The highest BCUT2D eigenvalue weighted by Gasteiger charge is 2.42. The summed E-state index contributed by atoms with van der Waals surface area (Å²) < 4.78 is 62.2. The first kappa shape index (κ1) is 25.1. The van der Waals surface area contributed by atoms with E-state index in [0.29, 0.717) is 11.1 Å². The van der Waals surface area contributed by atoms with Crippen molar-refractivity contribution in [3.63, 3.8) is 0 Å². The van der Waals surface area contributed by atoms with Gasteiger partial charge in [0.15, 0.2) is 11.5 Å². The molecule has 1 heterocycles. The number of carbonyl (C=O) groups is 1. The number of para-hydroxylation sites is 2. The van der Waals surface area contributed by atoms with E-state index in [0.717, 1.165) is 6.07 Å². The average molecular weight is 499 g/mol. The Hall–Kier alpha value is -3.57. The minimum absolute atomic E-state index is 0.0489. The summed E-state index contributed by atoms with van der Waals surface area (Å²) in [7, 11) is 2.56. The van der Waals surface area contributed by atoms with E-state index in [1.165, 1.54) is 44.5 Å². The molecule has 0 aliphatic carbocycles. The predicted octanol–water partition coefficient (Wildman–Crippen LogP) is 4.63. The van der Waals surface area contributed by atoms with Crippen molar-refractivity contribution in [3.8, 4) is 5.75 Å². The van der Waals surface area contributed by atoms with Crippen LogP contribution >= 0.6 is 11.6 Å². The number of anilines is 1. The quantitative estimate of drug-likeness (QED) is 0.331. The minimum atomic E-state index is -4.97. The van der Waals surface area contributed by atoms with Gasteiger partial charge in [-0.1, -0.05) is 29.8 Å². The number of hydroxylamine groups is 1. The Labute approximate surface area is 197 Å². The molecule has 2 N–H and O–H groups in total. The molecule has 34 heavy (non-hydrogen) atoms. The second-order valence-corrected chi connectivity index (χ2v) is 7.20. The van der Waals surface area contributed by atoms with Gasteiger partial charge in [0.1, 0.15) is 23.3 Å². The van der Waals surface area contributed by atoms with Gasteiger partial charge in [-0.3, -0.25) is 4.79 Å². The Morgan fingerprint density at radius 2 is 2.00 bits per heavy atom. The maximum atomic E-state index is 14.5. The molecule has 0 aromatic heterocycles. The van der Waals surface area contributed by atoms with Crippen molar-refractivity contribution in [1.82, 2.24) is 10.8 Å². The lowest BCUT2D eigenvalue weighted by Gasteiger charge is -2.25. The summed E-state index contributed by atoms with van der Waals surface area (Å²) in [6.45, 7) is 3.24. The third kappa shape index (κ3) is 4.85. The molecule has 2 aromatic carbocycles.